The predicted molar refractivity (Wildman–Crippen MR) is 83.4 cm³/mol. The molecule has 0 unspecified atom stereocenters. The maximum atomic E-state index is 13.0. The second-order valence-corrected chi connectivity index (χ2v) is 4.93. The number of hydrogen-bond donors (Lipinski definition) is 1. The van der Waals surface area contributed by atoms with Crippen LogP contribution < -0.4 is 0 Å². The van der Waals surface area contributed by atoms with Crippen LogP contribution in [0.3, 0.4) is 0 Å². The number of hydrogen-bond acceptors (Lipinski definition) is 2. The Hall–Kier alpha value is -2.94. The molecule has 0 fully saturated rings. The van der Waals surface area contributed by atoms with Crippen molar-refractivity contribution in [1.29, 1.82) is 0 Å². The van der Waals surface area contributed by atoms with Crippen molar-refractivity contribution in [2.45, 2.75) is 0 Å². The van der Waals surface area contributed by atoms with Crippen molar-refractivity contribution in [1.82, 2.24) is 0 Å². The number of phenols is 1. The van der Waals surface area contributed by atoms with Gasteiger partial charge in [0, 0.05) is 11.1 Å². The van der Waals surface area contributed by atoms with Gasteiger partial charge in [0.1, 0.15) is 11.6 Å². The lowest BCUT2D eigenvalue weighted by Gasteiger charge is -2.09. The van der Waals surface area contributed by atoms with E-state index in [1.807, 2.05) is 12.1 Å². The van der Waals surface area contributed by atoms with Crippen molar-refractivity contribution >= 4 is 5.78 Å². The van der Waals surface area contributed by atoms with Crippen LogP contribution in [0.5, 0.6) is 5.75 Å². The molecule has 0 radical (unpaired) electrons. The summed E-state index contributed by atoms with van der Waals surface area (Å²) in [4.78, 5) is 12.6. The second-order valence-electron chi connectivity index (χ2n) is 4.93. The normalized spacial score (nSPS) is 10.4. The summed E-state index contributed by atoms with van der Waals surface area (Å²) in [6, 6.07) is 19.4. The van der Waals surface area contributed by atoms with Gasteiger partial charge >= 0.3 is 0 Å². The topological polar surface area (TPSA) is 37.3 Å². The molecule has 0 aliphatic carbocycles. The molecule has 3 aromatic rings. The van der Waals surface area contributed by atoms with Gasteiger partial charge in [-0.2, -0.15) is 0 Å². The van der Waals surface area contributed by atoms with Gasteiger partial charge in [0.2, 0.25) is 0 Å². The molecular formula is C19H13FO2. The molecule has 3 heteroatoms. The van der Waals surface area contributed by atoms with Gasteiger partial charge < -0.3 is 5.11 Å². The zero-order valence-electron chi connectivity index (χ0n) is 11.7. The summed E-state index contributed by atoms with van der Waals surface area (Å²) < 4.78 is 13.0. The first kappa shape index (κ1) is 14.0. The lowest BCUT2D eigenvalue weighted by atomic mass is 9.94. The van der Waals surface area contributed by atoms with E-state index < -0.39 is 0 Å². The summed E-state index contributed by atoms with van der Waals surface area (Å²) in [5.41, 5.74) is 2.59. The summed E-state index contributed by atoms with van der Waals surface area (Å²) in [7, 11) is 0. The SMILES string of the molecule is O=C(c1ccc(F)cc1)c1ccccc1-c1ccc(O)cc1. The van der Waals surface area contributed by atoms with Crippen molar-refractivity contribution in [3.63, 3.8) is 0 Å². The fourth-order valence-corrected chi connectivity index (χ4v) is 2.33. The van der Waals surface area contributed by atoms with Crippen LogP contribution in [0.15, 0.2) is 72.8 Å². The van der Waals surface area contributed by atoms with Gasteiger partial charge in [-0.3, -0.25) is 4.79 Å². The van der Waals surface area contributed by atoms with E-state index in [4.69, 9.17) is 0 Å². The first-order valence-corrected chi connectivity index (χ1v) is 6.84. The lowest BCUT2D eigenvalue weighted by molar-refractivity contribution is 0.103. The van der Waals surface area contributed by atoms with E-state index >= 15 is 0 Å². The van der Waals surface area contributed by atoms with Gasteiger partial charge in [-0.15, -0.1) is 0 Å². The van der Waals surface area contributed by atoms with Crippen molar-refractivity contribution in [3.8, 4) is 16.9 Å². The second kappa shape index (κ2) is 5.82. The van der Waals surface area contributed by atoms with Crippen LogP contribution >= 0.6 is 0 Å². The van der Waals surface area contributed by atoms with Crippen LogP contribution in [0.1, 0.15) is 15.9 Å². The monoisotopic (exact) mass is 292 g/mol. The number of rotatable bonds is 3. The fourth-order valence-electron chi connectivity index (χ4n) is 2.33. The van der Waals surface area contributed by atoms with E-state index in [1.54, 1.807) is 36.4 Å². The van der Waals surface area contributed by atoms with Crippen molar-refractivity contribution in [2.75, 3.05) is 0 Å². The number of ketones is 1. The third kappa shape index (κ3) is 2.74. The summed E-state index contributed by atoms with van der Waals surface area (Å²) in [6.45, 7) is 0. The smallest absolute Gasteiger partial charge is 0.193 e. The molecule has 0 bridgehead atoms. The minimum absolute atomic E-state index is 0.163. The zero-order valence-corrected chi connectivity index (χ0v) is 11.7. The molecule has 3 rings (SSSR count). The third-order valence-electron chi connectivity index (χ3n) is 3.46. The minimum Gasteiger partial charge on any atom is -0.508 e. The Morgan fingerprint density at radius 2 is 1.45 bits per heavy atom. The van der Waals surface area contributed by atoms with Crippen LogP contribution in [0.4, 0.5) is 4.39 Å². The highest BCUT2D eigenvalue weighted by Gasteiger charge is 2.14. The molecule has 0 aliphatic heterocycles. The molecule has 3 aromatic carbocycles. The quantitative estimate of drug-likeness (QED) is 0.725. The Labute approximate surface area is 127 Å². The molecule has 0 aliphatic rings. The zero-order chi connectivity index (χ0) is 15.5. The highest BCUT2D eigenvalue weighted by molar-refractivity contribution is 6.12. The molecule has 0 saturated carbocycles. The number of halogens is 1. The maximum absolute atomic E-state index is 13.0. The molecule has 0 atom stereocenters. The van der Waals surface area contributed by atoms with E-state index in [1.165, 1.54) is 24.3 Å². The summed E-state index contributed by atoms with van der Waals surface area (Å²) in [5.74, 6) is -0.363. The standard InChI is InChI=1S/C19H13FO2/c20-15-9-5-14(6-10-15)19(22)18-4-2-1-3-17(18)13-7-11-16(21)12-8-13/h1-12,21H. The van der Waals surface area contributed by atoms with Crippen LogP contribution in [0, 0.1) is 5.82 Å². The third-order valence-corrected chi connectivity index (χ3v) is 3.46. The largest absolute Gasteiger partial charge is 0.508 e. The van der Waals surface area contributed by atoms with Gasteiger partial charge in [0.25, 0.3) is 0 Å². The van der Waals surface area contributed by atoms with Gasteiger partial charge in [0.15, 0.2) is 5.78 Å². The average Bonchev–Trinajstić information content (AvgIpc) is 2.56. The molecule has 0 saturated heterocycles. The number of carbonyl (C=O) groups excluding carboxylic acids is 1. The fraction of sp³-hybridized carbons (Fsp3) is 0. The van der Waals surface area contributed by atoms with E-state index in [0.717, 1.165) is 11.1 Å². The van der Waals surface area contributed by atoms with Crippen LogP contribution in [0.25, 0.3) is 11.1 Å². The number of aromatic hydroxyl groups is 1. The molecule has 2 nitrogen and oxygen atoms in total. The molecule has 1 N–H and O–H groups in total. The van der Waals surface area contributed by atoms with Crippen LogP contribution in [-0.4, -0.2) is 10.9 Å². The van der Waals surface area contributed by atoms with Gasteiger partial charge in [-0.05, 0) is 47.5 Å². The number of carbonyl (C=O) groups is 1. The van der Waals surface area contributed by atoms with Crippen molar-refractivity contribution in [3.05, 3.63) is 89.7 Å². The average molecular weight is 292 g/mol. The number of phenolic OH excluding ortho intramolecular Hbond substituents is 1. The number of benzene rings is 3. The van der Waals surface area contributed by atoms with E-state index in [9.17, 15) is 14.3 Å². The van der Waals surface area contributed by atoms with Crippen LogP contribution in [0.2, 0.25) is 0 Å². The molecule has 0 spiro atoms. The summed E-state index contributed by atoms with van der Waals surface area (Å²) >= 11 is 0. The highest BCUT2D eigenvalue weighted by Crippen LogP contribution is 2.27. The van der Waals surface area contributed by atoms with Crippen LogP contribution in [-0.2, 0) is 0 Å². The van der Waals surface area contributed by atoms with Gasteiger partial charge in [0.05, 0.1) is 0 Å². The molecule has 0 heterocycles. The molecule has 108 valence electrons. The van der Waals surface area contributed by atoms with E-state index in [-0.39, 0.29) is 17.3 Å². The Kier molecular flexibility index (Phi) is 3.71. The van der Waals surface area contributed by atoms with E-state index in [2.05, 4.69) is 0 Å². The first-order valence-electron chi connectivity index (χ1n) is 6.84. The Morgan fingerprint density at radius 1 is 0.818 bits per heavy atom. The van der Waals surface area contributed by atoms with Crippen molar-refractivity contribution < 1.29 is 14.3 Å². The molecule has 0 amide bonds. The molecular weight excluding hydrogens is 279 g/mol. The van der Waals surface area contributed by atoms with Gasteiger partial charge in [-0.1, -0.05) is 36.4 Å². The Balaban J connectivity index is 2.06. The minimum atomic E-state index is -0.372. The highest BCUT2D eigenvalue weighted by atomic mass is 19.1. The maximum Gasteiger partial charge on any atom is 0.193 e. The molecule has 22 heavy (non-hydrogen) atoms. The van der Waals surface area contributed by atoms with Gasteiger partial charge in [-0.25, -0.2) is 4.39 Å². The predicted octanol–water partition coefficient (Wildman–Crippen LogP) is 4.43. The van der Waals surface area contributed by atoms with Crippen molar-refractivity contribution in [2.24, 2.45) is 0 Å². The summed E-state index contributed by atoms with van der Waals surface area (Å²) in [6.07, 6.45) is 0. The molecule has 0 aromatic heterocycles. The van der Waals surface area contributed by atoms with E-state index in [0.29, 0.717) is 11.1 Å². The first-order chi connectivity index (χ1) is 10.6. The Bertz CT molecular complexity index is 806. The summed E-state index contributed by atoms with van der Waals surface area (Å²) in [5, 5.41) is 9.38. The Morgan fingerprint density at radius 3 is 2.14 bits per heavy atom. The lowest BCUT2D eigenvalue weighted by Crippen LogP contribution is -2.03.